The minimum atomic E-state index is -0.938. The lowest BCUT2D eigenvalue weighted by Crippen LogP contribution is -2.39. The second-order valence-electron chi connectivity index (χ2n) is 4.59. The predicted octanol–water partition coefficient (Wildman–Crippen LogP) is 0.784. The number of nitrogens with one attached hydrogen (secondary N) is 1. The molecule has 1 heterocycles. The van der Waals surface area contributed by atoms with Crippen molar-refractivity contribution >= 4 is 11.9 Å². The summed E-state index contributed by atoms with van der Waals surface area (Å²) in [5, 5.41) is 11.2. The monoisotopic (exact) mass is 229 g/mol. The second kappa shape index (κ2) is 5.84. The van der Waals surface area contributed by atoms with E-state index in [9.17, 15) is 9.59 Å². The number of carboxylic acid groups (broad SMARTS) is 1. The average Bonchev–Trinajstić information content (AvgIpc) is 2.25. The van der Waals surface area contributed by atoms with Gasteiger partial charge in [-0.05, 0) is 18.3 Å². The quantitative estimate of drug-likeness (QED) is 0.730. The molecule has 0 atom stereocenters. The molecular formula is C11H19NO4. The van der Waals surface area contributed by atoms with Gasteiger partial charge in [0.2, 0.25) is 5.91 Å². The van der Waals surface area contributed by atoms with Crippen molar-refractivity contribution in [1.29, 1.82) is 0 Å². The summed E-state index contributed by atoms with van der Waals surface area (Å²) in [4.78, 5) is 21.6. The number of carbonyl (C=O) groups is 2. The van der Waals surface area contributed by atoms with E-state index in [4.69, 9.17) is 9.84 Å². The van der Waals surface area contributed by atoms with E-state index in [0.717, 1.165) is 26.1 Å². The zero-order chi connectivity index (χ0) is 12.0. The summed E-state index contributed by atoms with van der Waals surface area (Å²) < 4.78 is 5.26. The van der Waals surface area contributed by atoms with Gasteiger partial charge in [-0.1, -0.05) is 6.92 Å². The molecule has 0 radical (unpaired) electrons. The Morgan fingerprint density at radius 2 is 1.94 bits per heavy atom. The van der Waals surface area contributed by atoms with Crippen molar-refractivity contribution in [2.24, 2.45) is 5.41 Å². The van der Waals surface area contributed by atoms with E-state index in [1.54, 1.807) is 0 Å². The SMILES string of the molecule is CC1(CNC(=O)CCC(=O)O)CCOCC1. The van der Waals surface area contributed by atoms with E-state index >= 15 is 0 Å². The maximum Gasteiger partial charge on any atom is 0.303 e. The molecule has 1 rings (SSSR count). The molecule has 0 unspecified atom stereocenters. The van der Waals surface area contributed by atoms with Crippen LogP contribution in [-0.4, -0.2) is 36.7 Å². The van der Waals surface area contributed by atoms with Crippen molar-refractivity contribution in [1.82, 2.24) is 5.32 Å². The highest BCUT2D eigenvalue weighted by Gasteiger charge is 2.27. The lowest BCUT2D eigenvalue weighted by atomic mass is 9.82. The van der Waals surface area contributed by atoms with Crippen molar-refractivity contribution in [3.63, 3.8) is 0 Å². The topological polar surface area (TPSA) is 75.6 Å². The second-order valence-corrected chi connectivity index (χ2v) is 4.59. The first-order valence-electron chi connectivity index (χ1n) is 5.58. The fraction of sp³-hybridized carbons (Fsp3) is 0.818. The third-order valence-corrected chi connectivity index (χ3v) is 2.98. The van der Waals surface area contributed by atoms with Crippen molar-refractivity contribution in [3.05, 3.63) is 0 Å². The van der Waals surface area contributed by atoms with Crippen molar-refractivity contribution in [2.45, 2.75) is 32.6 Å². The molecule has 5 nitrogen and oxygen atoms in total. The van der Waals surface area contributed by atoms with Gasteiger partial charge in [-0.25, -0.2) is 0 Å². The van der Waals surface area contributed by atoms with Crippen molar-refractivity contribution in [2.75, 3.05) is 19.8 Å². The molecule has 0 aliphatic carbocycles. The molecule has 0 spiro atoms. The van der Waals surface area contributed by atoms with Gasteiger partial charge in [0.05, 0.1) is 6.42 Å². The number of rotatable bonds is 5. The Kier molecular flexibility index (Phi) is 4.73. The van der Waals surface area contributed by atoms with Crippen LogP contribution in [0.2, 0.25) is 0 Å². The first-order chi connectivity index (χ1) is 7.52. The molecule has 1 aliphatic heterocycles. The third-order valence-electron chi connectivity index (χ3n) is 2.98. The Morgan fingerprint density at radius 3 is 2.50 bits per heavy atom. The van der Waals surface area contributed by atoms with Gasteiger partial charge in [0.15, 0.2) is 0 Å². The van der Waals surface area contributed by atoms with Crippen molar-refractivity contribution < 1.29 is 19.4 Å². The van der Waals surface area contributed by atoms with Crippen LogP contribution in [0.25, 0.3) is 0 Å². The molecule has 1 aliphatic rings. The van der Waals surface area contributed by atoms with E-state index in [1.807, 2.05) is 0 Å². The summed E-state index contributed by atoms with van der Waals surface area (Å²) in [6, 6.07) is 0. The first kappa shape index (κ1) is 13.0. The minimum Gasteiger partial charge on any atom is -0.481 e. The van der Waals surface area contributed by atoms with E-state index < -0.39 is 5.97 Å². The van der Waals surface area contributed by atoms with Crippen LogP contribution in [0, 0.1) is 5.41 Å². The minimum absolute atomic E-state index is 0.0575. The third kappa shape index (κ3) is 4.61. The lowest BCUT2D eigenvalue weighted by Gasteiger charge is -2.33. The Hall–Kier alpha value is -1.10. The molecule has 16 heavy (non-hydrogen) atoms. The van der Waals surface area contributed by atoms with Gasteiger partial charge in [-0.3, -0.25) is 9.59 Å². The van der Waals surface area contributed by atoms with Gasteiger partial charge >= 0.3 is 5.97 Å². The standard InChI is InChI=1S/C11H19NO4/c1-11(4-6-16-7-5-11)8-12-9(13)2-3-10(14)15/h2-8H2,1H3,(H,12,13)(H,14,15). The van der Waals surface area contributed by atoms with Gasteiger partial charge in [-0.15, -0.1) is 0 Å². The van der Waals surface area contributed by atoms with Crippen LogP contribution in [-0.2, 0) is 14.3 Å². The highest BCUT2D eigenvalue weighted by molar-refractivity contribution is 5.80. The zero-order valence-electron chi connectivity index (χ0n) is 9.62. The van der Waals surface area contributed by atoms with Gasteiger partial charge in [-0.2, -0.15) is 0 Å². The number of amides is 1. The molecule has 0 saturated carbocycles. The van der Waals surface area contributed by atoms with Gasteiger partial charge in [0.1, 0.15) is 0 Å². The highest BCUT2D eigenvalue weighted by Crippen LogP contribution is 2.28. The number of carboxylic acids is 1. The summed E-state index contributed by atoms with van der Waals surface area (Å²) in [7, 11) is 0. The molecule has 1 amide bonds. The predicted molar refractivity (Wildman–Crippen MR) is 58.0 cm³/mol. The maximum absolute atomic E-state index is 11.3. The van der Waals surface area contributed by atoms with Crippen LogP contribution >= 0.6 is 0 Å². The van der Waals surface area contributed by atoms with Crippen LogP contribution in [0.1, 0.15) is 32.6 Å². The van der Waals surface area contributed by atoms with E-state index in [0.29, 0.717) is 6.54 Å². The largest absolute Gasteiger partial charge is 0.481 e. The highest BCUT2D eigenvalue weighted by atomic mass is 16.5. The average molecular weight is 229 g/mol. The zero-order valence-corrected chi connectivity index (χ0v) is 9.62. The Morgan fingerprint density at radius 1 is 1.31 bits per heavy atom. The summed E-state index contributed by atoms with van der Waals surface area (Å²) in [6.07, 6.45) is 1.83. The smallest absolute Gasteiger partial charge is 0.303 e. The summed E-state index contributed by atoms with van der Waals surface area (Å²) in [5.41, 5.74) is 0.0944. The normalized spacial score (nSPS) is 19.1. The number of carbonyl (C=O) groups excluding carboxylic acids is 1. The van der Waals surface area contributed by atoms with E-state index in [1.165, 1.54) is 0 Å². The van der Waals surface area contributed by atoms with Gasteiger partial charge < -0.3 is 15.2 Å². The van der Waals surface area contributed by atoms with E-state index in [2.05, 4.69) is 12.2 Å². The molecule has 0 aromatic carbocycles. The molecule has 0 aromatic rings. The number of aliphatic carboxylic acids is 1. The Labute approximate surface area is 95.2 Å². The summed E-state index contributed by atoms with van der Waals surface area (Å²) >= 11 is 0. The van der Waals surface area contributed by atoms with Crippen LogP contribution in [0.4, 0.5) is 0 Å². The van der Waals surface area contributed by atoms with Crippen LogP contribution < -0.4 is 5.32 Å². The molecular weight excluding hydrogens is 210 g/mol. The molecule has 1 fully saturated rings. The Balaban J connectivity index is 2.22. The molecule has 2 N–H and O–H groups in total. The summed E-state index contributed by atoms with van der Waals surface area (Å²) in [6.45, 7) is 4.20. The lowest BCUT2D eigenvalue weighted by molar-refractivity contribution is -0.138. The fourth-order valence-electron chi connectivity index (χ4n) is 1.66. The molecule has 0 bridgehead atoms. The summed E-state index contributed by atoms with van der Waals surface area (Å²) in [5.74, 6) is -1.12. The van der Waals surface area contributed by atoms with Crippen LogP contribution in [0.5, 0.6) is 0 Å². The first-order valence-corrected chi connectivity index (χ1v) is 5.58. The van der Waals surface area contributed by atoms with Crippen molar-refractivity contribution in [3.8, 4) is 0 Å². The van der Waals surface area contributed by atoms with Gasteiger partial charge in [0.25, 0.3) is 0 Å². The molecule has 92 valence electrons. The molecule has 1 saturated heterocycles. The number of hydrogen-bond donors (Lipinski definition) is 2. The number of ether oxygens (including phenoxy) is 1. The maximum atomic E-state index is 11.3. The number of hydrogen-bond acceptors (Lipinski definition) is 3. The molecule has 0 aromatic heterocycles. The van der Waals surface area contributed by atoms with E-state index in [-0.39, 0.29) is 24.2 Å². The van der Waals surface area contributed by atoms with Crippen LogP contribution in [0.15, 0.2) is 0 Å². The van der Waals surface area contributed by atoms with Gasteiger partial charge in [0, 0.05) is 26.2 Å². The fourth-order valence-corrected chi connectivity index (χ4v) is 1.66. The van der Waals surface area contributed by atoms with Crippen LogP contribution in [0.3, 0.4) is 0 Å². The molecule has 5 heteroatoms. The Bertz CT molecular complexity index is 259.